The molecule has 1 unspecified atom stereocenters. The third-order valence-electron chi connectivity index (χ3n) is 6.09. The maximum atomic E-state index is 13.3. The molecular weight excluding hydrogens is 431 g/mol. The lowest BCUT2D eigenvalue weighted by Gasteiger charge is -2.37. The number of nitrogens with zero attached hydrogens (tertiary/aromatic N) is 5. The number of nitriles is 1. The number of anilines is 2. The number of halogens is 1. The second-order valence-electron chi connectivity index (χ2n) is 8.43. The number of amides is 1. The van der Waals surface area contributed by atoms with Crippen molar-refractivity contribution < 1.29 is 9.18 Å². The van der Waals surface area contributed by atoms with Crippen LogP contribution in [0.4, 0.5) is 15.9 Å². The van der Waals surface area contributed by atoms with Crippen molar-refractivity contribution in [2.45, 2.75) is 32.1 Å². The zero-order valence-electron chi connectivity index (χ0n) is 19.4. The van der Waals surface area contributed by atoms with Gasteiger partial charge in [-0.05, 0) is 42.8 Å². The van der Waals surface area contributed by atoms with Gasteiger partial charge in [0.25, 0.3) is 0 Å². The molecule has 0 bridgehead atoms. The zero-order chi connectivity index (χ0) is 23.9. The van der Waals surface area contributed by atoms with Gasteiger partial charge in [-0.2, -0.15) is 5.26 Å². The molecule has 34 heavy (non-hydrogen) atoms. The summed E-state index contributed by atoms with van der Waals surface area (Å²) in [6.07, 6.45) is 2.96. The fraction of sp³-hybridized carbons (Fsp3) is 0.385. The number of para-hydroxylation sites is 2. The Morgan fingerprint density at radius 2 is 1.68 bits per heavy atom. The molecule has 1 aliphatic heterocycles. The molecule has 176 valence electrons. The van der Waals surface area contributed by atoms with Crippen molar-refractivity contribution in [2.75, 3.05) is 42.5 Å². The van der Waals surface area contributed by atoms with Crippen LogP contribution in [0.1, 0.15) is 37.8 Å². The lowest BCUT2D eigenvalue weighted by Crippen LogP contribution is -2.47. The van der Waals surface area contributed by atoms with Gasteiger partial charge in [-0.1, -0.05) is 31.9 Å². The molecule has 1 fully saturated rings. The summed E-state index contributed by atoms with van der Waals surface area (Å²) in [5.74, 6) is -1.06. The Balaban J connectivity index is 1.59. The number of rotatable bonds is 8. The van der Waals surface area contributed by atoms with E-state index in [1.54, 1.807) is 12.1 Å². The Labute approximate surface area is 199 Å². The average Bonchev–Trinajstić information content (AvgIpc) is 2.87. The number of aromatic nitrogens is 2. The molecule has 1 aliphatic rings. The van der Waals surface area contributed by atoms with Gasteiger partial charge in [-0.15, -0.1) is 0 Å². The minimum absolute atomic E-state index is 0.256. The molecule has 0 radical (unpaired) electrons. The van der Waals surface area contributed by atoms with Crippen LogP contribution in [0.5, 0.6) is 0 Å². The number of carbonyl (C=O) groups excluding carboxylic acids is 1. The van der Waals surface area contributed by atoms with Gasteiger partial charge in [0.15, 0.2) is 11.7 Å². The summed E-state index contributed by atoms with van der Waals surface area (Å²) in [6.45, 7) is 5.35. The minimum atomic E-state index is -1.04. The molecule has 0 spiro atoms. The van der Waals surface area contributed by atoms with Gasteiger partial charge >= 0.3 is 0 Å². The summed E-state index contributed by atoms with van der Waals surface area (Å²) in [6, 6.07) is 16.1. The van der Waals surface area contributed by atoms with Crippen LogP contribution in [-0.4, -0.2) is 48.6 Å². The quantitative estimate of drug-likeness (QED) is 0.512. The van der Waals surface area contributed by atoms with E-state index in [2.05, 4.69) is 28.1 Å². The van der Waals surface area contributed by atoms with Crippen molar-refractivity contribution in [2.24, 2.45) is 0 Å². The second kappa shape index (κ2) is 10.9. The molecule has 1 atom stereocenters. The van der Waals surface area contributed by atoms with Crippen molar-refractivity contribution >= 4 is 28.4 Å². The van der Waals surface area contributed by atoms with Crippen molar-refractivity contribution in [3.63, 3.8) is 0 Å². The third kappa shape index (κ3) is 5.25. The first-order valence-electron chi connectivity index (χ1n) is 11.8. The zero-order valence-corrected chi connectivity index (χ0v) is 19.4. The molecule has 1 aromatic heterocycles. The number of carbonyl (C=O) groups is 1. The highest BCUT2D eigenvalue weighted by Crippen LogP contribution is 2.29. The predicted molar refractivity (Wildman–Crippen MR) is 131 cm³/mol. The fourth-order valence-corrected chi connectivity index (χ4v) is 4.19. The number of piperazine rings is 1. The number of nitrogens with one attached hydrogen (secondary N) is 1. The van der Waals surface area contributed by atoms with Gasteiger partial charge in [0, 0.05) is 38.4 Å². The van der Waals surface area contributed by atoms with E-state index >= 15 is 0 Å². The van der Waals surface area contributed by atoms with Crippen LogP contribution in [0.15, 0.2) is 48.5 Å². The highest BCUT2D eigenvalue weighted by molar-refractivity contribution is 5.88. The maximum absolute atomic E-state index is 13.3. The average molecular weight is 461 g/mol. The van der Waals surface area contributed by atoms with E-state index in [-0.39, 0.29) is 11.7 Å². The normalized spacial score (nSPS) is 14.6. The summed E-state index contributed by atoms with van der Waals surface area (Å²) >= 11 is 0. The van der Waals surface area contributed by atoms with Crippen LogP contribution in [0.25, 0.3) is 11.0 Å². The van der Waals surface area contributed by atoms with Crippen LogP contribution >= 0.6 is 0 Å². The van der Waals surface area contributed by atoms with Gasteiger partial charge in [0.1, 0.15) is 11.5 Å². The summed E-state index contributed by atoms with van der Waals surface area (Å²) in [7, 11) is 0. The SMILES string of the molecule is CCCCCNC(=O)C(C#N)c1nc2ccccc2nc1N1CCN(c2ccc(F)cc2)CC1. The highest BCUT2D eigenvalue weighted by Gasteiger charge is 2.30. The van der Waals surface area contributed by atoms with Crippen LogP contribution in [0.3, 0.4) is 0 Å². The lowest BCUT2D eigenvalue weighted by atomic mass is 10.0. The Kier molecular flexibility index (Phi) is 7.53. The smallest absolute Gasteiger partial charge is 0.243 e. The van der Waals surface area contributed by atoms with E-state index < -0.39 is 5.92 Å². The topological polar surface area (TPSA) is 85.1 Å². The fourth-order valence-electron chi connectivity index (χ4n) is 4.19. The molecule has 2 aromatic carbocycles. The summed E-state index contributed by atoms with van der Waals surface area (Å²) in [5, 5.41) is 12.8. The van der Waals surface area contributed by atoms with Crippen LogP contribution in [0.2, 0.25) is 0 Å². The number of hydrogen-bond donors (Lipinski definition) is 1. The van der Waals surface area contributed by atoms with Crippen molar-refractivity contribution in [1.82, 2.24) is 15.3 Å². The summed E-state index contributed by atoms with van der Waals surface area (Å²) in [5.41, 5.74) is 2.74. The number of hydrogen-bond acceptors (Lipinski definition) is 6. The Morgan fingerprint density at radius 3 is 2.32 bits per heavy atom. The molecule has 0 aliphatic carbocycles. The molecule has 0 saturated carbocycles. The van der Waals surface area contributed by atoms with Gasteiger partial charge in [-0.25, -0.2) is 14.4 Å². The maximum Gasteiger partial charge on any atom is 0.243 e. The Bertz CT molecular complexity index is 1170. The molecule has 7 nitrogen and oxygen atoms in total. The van der Waals surface area contributed by atoms with E-state index in [1.165, 1.54) is 12.1 Å². The molecule has 3 aromatic rings. The van der Waals surface area contributed by atoms with Gasteiger partial charge in [0.05, 0.1) is 17.1 Å². The number of unbranched alkanes of at least 4 members (excludes halogenated alkanes) is 2. The van der Waals surface area contributed by atoms with E-state index in [4.69, 9.17) is 9.97 Å². The summed E-state index contributed by atoms with van der Waals surface area (Å²) in [4.78, 5) is 26.8. The number of benzene rings is 2. The third-order valence-corrected chi connectivity index (χ3v) is 6.09. The van der Waals surface area contributed by atoms with Crippen molar-refractivity contribution in [1.29, 1.82) is 5.26 Å². The van der Waals surface area contributed by atoms with E-state index in [9.17, 15) is 14.4 Å². The summed E-state index contributed by atoms with van der Waals surface area (Å²) < 4.78 is 13.3. The second-order valence-corrected chi connectivity index (χ2v) is 8.43. The molecular formula is C26H29FN6O. The minimum Gasteiger partial charge on any atom is -0.368 e. The predicted octanol–water partition coefficient (Wildman–Crippen LogP) is 4.01. The Morgan fingerprint density at radius 1 is 1.03 bits per heavy atom. The first-order chi connectivity index (χ1) is 16.6. The molecule has 4 rings (SSSR count). The highest BCUT2D eigenvalue weighted by atomic mass is 19.1. The van der Waals surface area contributed by atoms with E-state index in [1.807, 2.05) is 24.3 Å². The van der Waals surface area contributed by atoms with Crippen LogP contribution in [0, 0.1) is 17.1 Å². The first kappa shape index (κ1) is 23.4. The molecule has 1 saturated heterocycles. The van der Waals surface area contributed by atoms with Gasteiger partial charge in [-0.3, -0.25) is 4.79 Å². The lowest BCUT2D eigenvalue weighted by molar-refractivity contribution is -0.121. The van der Waals surface area contributed by atoms with Crippen molar-refractivity contribution in [3.05, 3.63) is 60.0 Å². The van der Waals surface area contributed by atoms with E-state index in [0.29, 0.717) is 49.8 Å². The van der Waals surface area contributed by atoms with Crippen LogP contribution in [-0.2, 0) is 4.79 Å². The molecule has 1 amide bonds. The van der Waals surface area contributed by atoms with Crippen LogP contribution < -0.4 is 15.1 Å². The molecule has 2 heterocycles. The molecule has 1 N–H and O–H groups in total. The van der Waals surface area contributed by atoms with Gasteiger partial charge in [0.2, 0.25) is 5.91 Å². The monoisotopic (exact) mass is 460 g/mol. The van der Waals surface area contributed by atoms with E-state index in [0.717, 1.165) is 30.5 Å². The molecule has 8 heteroatoms. The standard InChI is InChI=1S/C26H29FN6O/c1-2-3-6-13-29-26(34)21(18-28)24-25(31-23-8-5-4-7-22(23)30-24)33-16-14-32(15-17-33)20-11-9-19(27)10-12-20/h4-5,7-12,21H,2-3,6,13-17H2,1H3,(H,29,34). The largest absolute Gasteiger partial charge is 0.368 e. The first-order valence-corrected chi connectivity index (χ1v) is 11.8. The Hall–Kier alpha value is -3.73. The van der Waals surface area contributed by atoms with Gasteiger partial charge < -0.3 is 15.1 Å². The number of fused-ring (bicyclic) bond motifs is 1. The van der Waals surface area contributed by atoms with Crippen molar-refractivity contribution in [3.8, 4) is 6.07 Å².